The highest BCUT2D eigenvalue weighted by molar-refractivity contribution is 7.17. The summed E-state index contributed by atoms with van der Waals surface area (Å²) in [7, 11) is 0. The van der Waals surface area contributed by atoms with Crippen molar-refractivity contribution in [3.05, 3.63) is 241 Å². The molecule has 12 rings (SSSR count). The molecular weight excluding hydrogens is 1010 g/mol. The third-order valence-corrected chi connectivity index (χ3v) is 14.9. The number of rotatable bonds is 8. The van der Waals surface area contributed by atoms with E-state index in [4.69, 9.17) is 40.5 Å². The number of para-hydroxylation sites is 2. The molecule has 0 radical (unpaired) electrons. The molecule has 6 aromatic heterocycles. The van der Waals surface area contributed by atoms with Gasteiger partial charge in [0.25, 0.3) is 11.1 Å². The predicted octanol–water partition coefficient (Wildman–Crippen LogP) is 15.2. The van der Waals surface area contributed by atoms with Crippen LogP contribution in [-0.2, 0) is 0 Å². The molecule has 10 nitrogen and oxygen atoms in total. The van der Waals surface area contributed by atoms with Crippen LogP contribution in [0.5, 0.6) is 0 Å². The van der Waals surface area contributed by atoms with Gasteiger partial charge in [-0.1, -0.05) is 156 Å². The van der Waals surface area contributed by atoms with E-state index in [9.17, 15) is 9.59 Å². The maximum absolute atomic E-state index is 13.8. The third kappa shape index (κ3) is 10.0. The van der Waals surface area contributed by atoms with Crippen LogP contribution in [0.3, 0.4) is 0 Å². The summed E-state index contributed by atoms with van der Waals surface area (Å²) in [4.78, 5) is 45.8. The van der Waals surface area contributed by atoms with E-state index in [1.165, 1.54) is 6.33 Å². The molecule has 0 amide bonds. The smallest absolute Gasteiger partial charge is 0.264 e. The average Bonchev–Trinajstić information content (AvgIpc) is 4.07. The monoisotopic (exact) mass is 1050 g/mol. The minimum Gasteiger partial charge on any atom is -0.361 e. The first-order valence-corrected chi connectivity index (χ1v) is 26.0. The van der Waals surface area contributed by atoms with Crippen molar-refractivity contribution in [2.24, 2.45) is 5.73 Å². The van der Waals surface area contributed by atoms with Gasteiger partial charge < -0.3 is 11.1 Å². The number of anilines is 1. The summed E-state index contributed by atoms with van der Waals surface area (Å²) in [6, 6.07) is 53.9. The largest absolute Gasteiger partial charge is 0.361 e. The van der Waals surface area contributed by atoms with Crippen LogP contribution in [-0.4, -0.2) is 29.1 Å². The summed E-state index contributed by atoms with van der Waals surface area (Å²) < 4.78 is 3.37. The van der Waals surface area contributed by atoms with Gasteiger partial charge in [-0.3, -0.25) is 18.7 Å². The van der Waals surface area contributed by atoms with Crippen LogP contribution in [0.1, 0.15) is 37.3 Å². The predicted molar refractivity (Wildman–Crippen MR) is 304 cm³/mol. The Morgan fingerprint density at radius 1 is 0.507 bits per heavy atom. The molecule has 6 heterocycles. The van der Waals surface area contributed by atoms with Gasteiger partial charge in [0.2, 0.25) is 0 Å². The quantitative estimate of drug-likeness (QED) is 0.144. The van der Waals surface area contributed by atoms with E-state index in [0.29, 0.717) is 26.0 Å². The molecule has 3 N–H and O–H groups in total. The second-order valence-corrected chi connectivity index (χ2v) is 19.8. The molecule has 15 heteroatoms. The van der Waals surface area contributed by atoms with Gasteiger partial charge in [0.05, 0.1) is 37.6 Å². The maximum Gasteiger partial charge on any atom is 0.264 e. The van der Waals surface area contributed by atoms with Crippen LogP contribution in [0, 0.1) is 0 Å². The van der Waals surface area contributed by atoms with Crippen LogP contribution >= 0.6 is 57.5 Å². The van der Waals surface area contributed by atoms with Gasteiger partial charge in [-0.05, 0) is 84.3 Å². The number of nitrogens with one attached hydrogen (secondary N) is 1. The van der Waals surface area contributed by atoms with Gasteiger partial charge in [-0.2, -0.15) is 0 Å². The van der Waals surface area contributed by atoms with Gasteiger partial charge >= 0.3 is 0 Å². The SMILES string of the molecule is C[C@H](N)c1cc2cccc(Cl)c2c(=O)n1-c1ccccc1.C[C@H](Nc1ncnc2scc(-c3ccccc3)c12)c1cc2cccc(Cl)c2c(=O)n1-c1ccccc1.Clc1ncnc2scc(-c3ccccc3)c12. The Balaban J connectivity index is 0.000000139. The lowest BCUT2D eigenvalue weighted by Gasteiger charge is -2.22. The first-order chi connectivity index (χ1) is 35.6. The van der Waals surface area contributed by atoms with Crippen molar-refractivity contribution in [2.45, 2.75) is 25.9 Å². The van der Waals surface area contributed by atoms with Crippen molar-refractivity contribution >= 4 is 105 Å². The molecule has 73 heavy (non-hydrogen) atoms. The fourth-order valence-electron chi connectivity index (χ4n) is 8.78. The van der Waals surface area contributed by atoms with E-state index < -0.39 is 0 Å². The van der Waals surface area contributed by atoms with Crippen molar-refractivity contribution in [2.75, 3.05) is 5.32 Å². The number of halogens is 3. The highest BCUT2D eigenvalue weighted by Gasteiger charge is 2.21. The van der Waals surface area contributed by atoms with Crippen molar-refractivity contribution in [1.29, 1.82) is 0 Å². The summed E-state index contributed by atoms with van der Waals surface area (Å²) in [6.45, 7) is 3.90. The zero-order valence-electron chi connectivity index (χ0n) is 39.2. The Hall–Kier alpha value is -7.55. The highest BCUT2D eigenvalue weighted by atomic mass is 35.5. The summed E-state index contributed by atoms with van der Waals surface area (Å²) in [5.74, 6) is 0.728. The summed E-state index contributed by atoms with van der Waals surface area (Å²) in [5, 5.41) is 13.7. The van der Waals surface area contributed by atoms with Gasteiger partial charge in [0.15, 0.2) is 0 Å². The van der Waals surface area contributed by atoms with Crippen molar-refractivity contribution < 1.29 is 0 Å². The number of benzene rings is 6. The first-order valence-electron chi connectivity index (χ1n) is 23.1. The molecule has 0 saturated heterocycles. The Morgan fingerprint density at radius 2 is 0.945 bits per heavy atom. The Morgan fingerprint density at radius 3 is 1.45 bits per heavy atom. The number of nitrogens with two attached hydrogens (primary N) is 1. The number of hydrogen-bond acceptors (Lipinski definition) is 10. The Labute approximate surface area is 442 Å². The molecule has 0 saturated carbocycles. The normalized spacial score (nSPS) is 12.0. The van der Waals surface area contributed by atoms with Crippen molar-refractivity contribution in [3.8, 4) is 33.6 Å². The lowest BCUT2D eigenvalue weighted by molar-refractivity contribution is 0.734. The summed E-state index contributed by atoms with van der Waals surface area (Å²) in [5.41, 5.74) is 13.3. The molecule has 12 aromatic rings. The number of nitrogens with zero attached hydrogens (tertiary/aromatic N) is 6. The second kappa shape index (κ2) is 21.7. The van der Waals surface area contributed by atoms with Crippen LogP contribution in [0.15, 0.2) is 203 Å². The lowest BCUT2D eigenvalue weighted by Crippen LogP contribution is -2.25. The average molecular weight is 1050 g/mol. The minimum atomic E-state index is -0.263. The van der Waals surface area contributed by atoms with Crippen LogP contribution in [0.4, 0.5) is 5.82 Å². The number of aromatic nitrogens is 6. The van der Waals surface area contributed by atoms with E-state index in [2.05, 4.69) is 60.3 Å². The van der Waals surface area contributed by atoms with E-state index in [1.807, 2.05) is 147 Å². The fraction of sp³-hybridized carbons (Fsp3) is 0.0690. The molecule has 0 aliphatic carbocycles. The lowest BCUT2D eigenvalue weighted by atomic mass is 10.1. The van der Waals surface area contributed by atoms with E-state index in [0.717, 1.165) is 82.0 Å². The van der Waals surface area contributed by atoms with Crippen molar-refractivity contribution in [3.63, 3.8) is 0 Å². The standard InChI is InChI=1S/C29H21ClN4OS.C17H15ClN2O.C12H7ClN2S/c1-18(33-27-26-22(19-9-4-2-5-10-19)16-36-28(26)32-17-31-27)24-15-20-11-8-14-23(30)25(20)29(35)34(24)21-12-6-3-7-13-21;1-11(19)15-10-12-6-5-9-14(18)16(12)17(21)20(15)13-7-3-2-4-8-13;13-11-10-9(8-4-2-1-3-5-8)6-16-12(10)15-7-14-11/h2-18H,1H3,(H,31,32,33);2-11H,19H2,1H3;1-7H/t18-;11-;/m00./s1. The van der Waals surface area contributed by atoms with Crippen molar-refractivity contribution in [1.82, 2.24) is 29.1 Å². The molecule has 0 aliphatic heterocycles. The van der Waals surface area contributed by atoms with E-state index in [-0.39, 0.29) is 23.2 Å². The zero-order chi connectivity index (χ0) is 50.6. The fourth-order valence-corrected chi connectivity index (χ4v) is 11.4. The maximum atomic E-state index is 13.8. The summed E-state index contributed by atoms with van der Waals surface area (Å²) in [6.07, 6.45) is 3.07. The molecule has 0 spiro atoms. The number of thiophene rings is 2. The Kier molecular flexibility index (Phi) is 14.6. The first kappa shape index (κ1) is 49.0. The number of pyridine rings is 2. The zero-order valence-corrected chi connectivity index (χ0v) is 43.1. The number of hydrogen-bond donors (Lipinski definition) is 2. The minimum absolute atomic E-state index is 0.142. The van der Waals surface area contributed by atoms with Gasteiger partial charge in [-0.15, -0.1) is 22.7 Å². The molecule has 0 bridgehead atoms. The molecule has 0 fully saturated rings. The molecule has 0 unspecified atom stereocenters. The van der Waals surface area contributed by atoms with Crippen LogP contribution in [0.25, 0.3) is 75.6 Å². The van der Waals surface area contributed by atoms with Crippen LogP contribution < -0.4 is 22.2 Å². The topological polar surface area (TPSA) is 134 Å². The van der Waals surface area contributed by atoms with E-state index in [1.54, 1.807) is 50.3 Å². The highest BCUT2D eigenvalue weighted by Crippen LogP contribution is 2.39. The van der Waals surface area contributed by atoms with E-state index >= 15 is 0 Å². The molecular formula is C58H43Cl3N8O2S2. The van der Waals surface area contributed by atoms with Crippen LogP contribution in [0.2, 0.25) is 15.2 Å². The number of fused-ring (bicyclic) bond motifs is 4. The molecule has 360 valence electrons. The second-order valence-electron chi connectivity index (χ2n) is 16.9. The summed E-state index contributed by atoms with van der Waals surface area (Å²) >= 11 is 22.0. The molecule has 6 aromatic carbocycles. The van der Waals surface area contributed by atoms with Gasteiger partial charge in [0, 0.05) is 50.7 Å². The van der Waals surface area contributed by atoms with Gasteiger partial charge in [0.1, 0.15) is 33.3 Å². The Bertz CT molecular complexity index is 4040. The third-order valence-electron chi connectivity index (χ3n) is 12.2. The molecule has 0 aliphatic rings. The van der Waals surface area contributed by atoms with Gasteiger partial charge in [-0.25, -0.2) is 19.9 Å². The molecule has 2 atom stereocenters.